The van der Waals surface area contributed by atoms with E-state index in [0.29, 0.717) is 26.7 Å². The molecule has 0 spiro atoms. The Kier molecular flexibility index (Phi) is 5.29. The number of rotatable bonds is 6. The van der Waals surface area contributed by atoms with Crippen LogP contribution in [-0.2, 0) is 0 Å². The zero-order chi connectivity index (χ0) is 52.1. The fourth-order valence-corrected chi connectivity index (χ4v) is 11.8. The summed E-state index contributed by atoms with van der Waals surface area (Å²) in [5, 5.41) is 11.7. The molecule has 57 heavy (non-hydrogen) atoms. The first kappa shape index (κ1) is 21.0. The second kappa shape index (κ2) is 14.3. The van der Waals surface area contributed by atoms with Gasteiger partial charge in [-0.05, 0) is 45.0 Å². The molecule has 2 aromatic heterocycles. The molecule has 8 aromatic carbocycles. The van der Waals surface area contributed by atoms with Gasteiger partial charge in [0.15, 0.2) is 13.9 Å². The average Bonchev–Trinajstić information content (AvgIpc) is 3.93. The zero-order valence-electron chi connectivity index (χ0n) is 45.8. The Morgan fingerprint density at radius 1 is 0.491 bits per heavy atom. The van der Waals surface area contributed by atoms with Crippen molar-refractivity contribution < 1.29 is 21.9 Å². The van der Waals surface area contributed by atoms with Crippen LogP contribution >= 0.6 is 0 Å². The average molecular weight is 764 g/mol. The van der Waals surface area contributed by atoms with Gasteiger partial charge in [-0.15, -0.1) is 0 Å². The van der Waals surface area contributed by atoms with E-state index in [2.05, 4.69) is 0 Å². The summed E-state index contributed by atoms with van der Waals surface area (Å²) >= 11 is 0. The Hall–Kier alpha value is -7.41. The molecule has 10 aromatic rings. The molecule has 2 heterocycles. The maximum Gasteiger partial charge on any atom is 0.238 e. The number of nitrogens with zero attached hydrogens (tertiary/aromatic N) is 4. The maximum atomic E-state index is 10.1. The zero-order valence-corrected chi connectivity index (χ0v) is 30.8. The van der Waals surface area contributed by atoms with E-state index < -0.39 is 110 Å². The third-order valence-corrected chi connectivity index (χ3v) is 14.4. The smallest absolute Gasteiger partial charge is 0.238 e. The minimum Gasteiger partial charge on any atom is -0.300 e. The van der Waals surface area contributed by atoms with Gasteiger partial charge in [-0.3, -0.25) is 14.5 Å². The first-order chi connectivity index (χ1) is 34.9. The quantitative estimate of drug-likeness (QED) is 0.0761. The highest BCUT2D eigenvalue weighted by Crippen LogP contribution is 2.30. The monoisotopic (exact) mass is 763 g/mol. The molecule has 0 saturated carbocycles. The molecule has 0 unspecified atom stereocenters. The second-order valence-electron chi connectivity index (χ2n) is 13.0. The van der Waals surface area contributed by atoms with E-state index >= 15 is 0 Å². The Labute approximate surface area is 354 Å². The van der Waals surface area contributed by atoms with Gasteiger partial charge in [0.25, 0.3) is 0 Å². The van der Waals surface area contributed by atoms with E-state index in [1.54, 1.807) is 109 Å². The number of hydrogen-bond donors (Lipinski definition) is 1. The van der Waals surface area contributed by atoms with Crippen molar-refractivity contribution in [3.8, 4) is 0 Å². The van der Waals surface area contributed by atoms with E-state index in [0.717, 1.165) is 0 Å². The van der Waals surface area contributed by atoms with Gasteiger partial charge in [-0.25, -0.2) is 4.99 Å². The van der Waals surface area contributed by atoms with E-state index in [9.17, 15) is 13.6 Å². The van der Waals surface area contributed by atoms with Gasteiger partial charge in [-0.2, -0.15) is 4.99 Å². The SMILES string of the molecule is [2H]c1cc([Si](c2ccccc2)(c2ccccc2)c2c([2H])c([2H])c([2H])c(C(=N)N=C(/N=C/n3c4ccccc4c4c([2H])c([2H])c([2H])c([2H])c43)n3c4ccccc4c4c([2H])c([2H])c([2H])c([2H])c43)c2[2H])c([2H])c([2H])c1[2H]. The summed E-state index contributed by atoms with van der Waals surface area (Å²) in [6.07, 6.45) is 1.20. The molecule has 270 valence electrons. The lowest BCUT2D eigenvalue weighted by Crippen LogP contribution is -2.74. The molecule has 0 saturated heterocycles. The number of nitrogens with one attached hydrogen (secondary N) is 1. The van der Waals surface area contributed by atoms with Crippen molar-refractivity contribution >= 4 is 90.6 Å². The van der Waals surface area contributed by atoms with Crippen LogP contribution in [0.1, 0.15) is 27.5 Å². The highest BCUT2D eigenvalue weighted by molar-refractivity contribution is 7.19. The number of fused-ring (bicyclic) bond motifs is 6. The summed E-state index contributed by atoms with van der Waals surface area (Å²) in [6.45, 7) is 0. The van der Waals surface area contributed by atoms with Crippen LogP contribution in [0.3, 0.4) is 0 Å². The first-order valence-corrected chi connectivity index (χ1v) is 19.9. The van der Waals surface area contributed by atoms with Crippen LogP contribution in [0.5, 0.6) is 0 Å². The second-order valence-corrected chi connectivity index (χ2v) is 16.7. The van der Waals surface area contributed by atoms with E-state index in [4.69, 9.17) is 23.7 Å². The number of para-hydroxylation sites is 4. The molecular formula is C51H37N5Si. The molecule has 10 rings (SSSR count). The van der Waals surface area contributed by atoms with Gasteiger partial charge >= 0.3 is 0 Å². The molecule has 0 bridgehead atoms. The van der Waals surface area contributed by atoms with Crippen molar-refractivity contribution in [2.45, 2.75) is 0 Å². The Morgan fingerprint density at radius 2 is 1.07 bits per heavy atom. The number of amidine groups is 1. The molecule has 1 N–H and O–H groups in total. The third kappa shape index (κ3) is 5.74. The summed E-state index contributed by atoms with van der Waals surface area (Å²) < 4.78 is 147. The fourth-order valence-electron chi connectivity index (χ4n) is 7.50. The van der Waals surface area contributed by atoms with E-state index in [-0.39, 0.29) is 49.8 Å². The van der Waals surface area contributed by atoms with Gasteiger partial charge in [-0.1, -0.05) is 188 Å². The van der Waals surface area contributed by atoms with Crippen molar-refractivity contribution in [2.24, 2.45) is 9.98 Å². The summed E-state index contributed by atoms with van der Waals surface area (Å²) in [7, 11) is -4.38. The van der Waals surface area contributed by atoms with E-state index in [1.807, 2.05) is 0 Å². The maximum absolute atomic E-state index is 10.1. The molecule has 0 aliphatic heterocycles. The minimum atomic E-state index is -4.38. The van der Waals surface area contributed by atoms with Gasteiger partial charge in [0, 0.05) is 27.1 Å². The predicted molar refractivity (Wildman–Crippen MR) is 242 cm³/mol. The van der Waals surface area contributed by atoms with Gasteiger partial charge in [0.05, 0.1) is 44.0 Å². The van der Waals surface area contributed by atoms with Gasteiger partial charge in [0.1, 0.15) is 6.34 Å². The van der Waals surface area contributed by atoms with Gasteiger partial charge < -0.3 is 0 Å². The van der Waals surface area contributed by atoms with Crippen LogP contribution in [0.25, 0.3) is 43.6 Å². The molecule has 5 nitrogen and oxygen atoms in total. The topological polar surface area (TPSA) is 58.4 Å². The number of aromatic nitrogens is 2. The number of aliphatic imine (C=N–C) groups is 2. The lowest BCUT2D eigenvalue weighted by atomic mass is 10.2. The van der Waals surface area contributed by atoms with Crippen LogP contribution in [0, 0.1) is 5.41 Å². The first-order valence-electron chi connectivity index (χ1n) is 25.9. The van der Waals surface area contributed by atoms with E-state index in [1.165, 1.54) is 21.5 Å². The van der Waals surface area contributed by atoms with Crippen LogP contribution in [0.4, 0.5) is 0 Å². The third-order valence-electron chi connectivity index (χ3n) is 9.95. The molecule has 0 aliphatic carbocycles. The van der Waals surface area contributed by atoms with Crippen molar-refractivity contribution in [2.75, 3.05) is 0 Å². The molecule has 0 atom stereocenters. The highest BCUT2D eigenvalue weighted by atomic mass is 28.3. The predicted octanol–water partition coefficient (Wildman–Crippen LogP) is 9.09. The molecule has 0 amide bonds. The Bertz CT molecular complexity index is 4040. The van der Waals surface area contributed by atoms with Crippen LogP contribution < -0.4 is 20.7 Å². The number of benzene rings is 8. The van der Waals surface area contributed by atoms with Crippen LogP contribution in [0.2, 0.25) is 0 Å². The van der Waals surface area contributed by atoms with Crippen LogP contribution in [-0.4, -0.2) is 35.3 Å². The molecule has 0 fully saturated rings. The molecule has 6 heteroatoms. The number of hydrogen-bond acceptors (Lipinski definition) is 1. The molecule has 0 aliphatic rings. The lowest BCUT2D eigenvalue weighted by molar-refractivity contribution is 1.21. The Morgan fingerprint density at radius 3 is 1.81 bits per heavy atom. The Balaban J connectivity index is 1.33. The molecule has 0 radical (unpaired) electrons. The summed E-state index contributed by atoms with van der Waals surface area (Å²) in [5.41, 5.74) is -0.00537. The van der Waals surface area contributed by atoms with Crippen molar-refractivity contribution in [1.82, 2.24) is 9.13 Å². The summed E-state index contributed by atoms with van der Waals surface area (Å²) in [6, 6.07) is 23.5. The normalized spacial score (nSPS) is 16.2. The van der Waals surface area contributed by atoms with Crippen LogP contribution in [0.15, 0.2) is 222 Å². The van der Waals surface area contributed by atoms with Crippen molar-refractivity contribution in [3.05, 3.63) is 218 Å². The van der Waals surface area contributed by atoms with Crippen molar-refractivity contribution in [1.29, 1.82) is 5.41 Å². The standard InChI is InChI=1S/C51H37N5Si/c52-50(37-19-18-26-41(35-37)57(38-20-4-1-5-21-38,39-22-6-2-7-23-39)40-24-8-3-9-25-40)54-51(56-48-33-16-12-29-44(48)45-30-13-17-34-49(45)56)53-36-55-46-31-14-10-27-42(46)43-28-11-15-32-47(43)55/h1-36,52H/b52-50?,53-36+,54-51?/i1D,4D,5D,10D,12D,14D,16D,18D,19D,20D,26D,27D,29D,31D,33D,35D. The summed E-state index contributed by atoms with van der Waals surface area (Å²) in [5.74, 6) is -1.33. The highest BCUT2D eigenvalue weighted by Gasteiger charge is 2.41. The fraction of sp³-hybridized carbons (Fsp3) is 0. The van der Waals surface area contributed by atoms with Gasteiger partial charge in [0.2, 0.25) is 5.96 Å². The molecular weight excluding hydrogens is 711 g/mol. The minimum absolute atomic E-state index is 0.0351. The van der Waals surface area contributed by atoms with Crippen molar-refractivity contribution in [3.63, 3.8) is 0 Å². The summed E-state index contributed by atoms with van der Waals surface area (Å²) in [4.78, 5) is 9.49. The largest absolute Gasteiger partial charge is 0.300 e. The lowest BCUT2D eigenvalue weighted by Gasteiger charge is -2.34.